The molecular formula is C24H24O3. The van der Waals surface area contributed by atoms with E-state index in [2.05, 4.69) is 6.92 Å². The Labute approximate surface area is 160 Å². The Bertz CT molecular complexity index is 957. The summed E-state index contributed by atoms with van der Waals surface area (Å²) in [6.07, 6.45) is 5.48. The summed E-state index contributed by atoms with van der Waals surface area (Å²) < 4.78 is 11.2. The molecule has 0 aromatic heterocycles. The molecule has 3 heteroatoms. The first kappa shape index (κ1) is 18.7. The van der Waals surface area contributed by atoms with E-state index < -0.39 is 0 Å². The van der Waals surface area contributed by atoms with Gasteiger partial charge < -0.3 is 9.47 Å². The summed E-state index contributed by atoms with van der Waals surface area (Å²) in [6.45, 7) is 2.80. The van der Waals surface area contributed by atoms with Gasteiger partial charge in [-0.1, -0.05) is 61.9 Å². The van der Waals surface area contributed by atoms with E-state index in [0.29, 0.717) is 17.9 Å². The second-order valence-corrected chi connectivity index (χ2v) is 6.37. The predicted octanol–water partition coefficient (Wildman–Crippen LogP) is 5.92. The van der Waals surface area contributed by atoms with Crippen molar-refractivity contribution in [2.45, 2.75) is 19.8 Å². The molecule has 3 nitrogen and oxygen atoms in total. The fourth-order valence-corrected chi connectivity index (χ4v) is 2.84. The summed E-state index contributed by atoms with van der Waals surface area (Å²) in [5.74, 6) is 1.37. The lowest BCUT2D eigenvalue weighted by Crippen LogP contribution is -1.99. The number of ketones is 1. The second-order valence-electron chi connectivity index (χ2n) is 6.37. The van der Waals surface area contributed by atoms with Crippen molar-refractivity contribution in [2.24, 2.45) is 0 Å². The number of benzene rings is 3. The van der Waals surface area contributed by atoms with E-state index in [9.17, 15) is 4.79 Å². The first-order chi connectivity index (χ1) is 13.2. The highest BCUT2D eigenvalue weighted by atomic mass is 16.5. The number of rotatable bonds is 8. The third-order valence-electron chi connectivity index (χ3n) is 4.40. The van der Waals surface area contributed by atoms with Crippen molar-refractivity contribution in [1.82, 2.24) is 0 Å². The minimum Gasteiger partial charge on any atom is -0.493 e. The number of hydrogen-bond donors (Lipinski definition) is 0. The van der Waals surface area contributed by atoms with Crippen LogP contribution in [0.5, 0.6) is 11.5 Å². The first-order valence-corrected chi connectivity index (χ1v) is 9.23. The van der Waals surface area contributed by atoms with Crippen molar-refractivity contribution in [2.75, 3.05) is 13.7 Å². The molecule has 0 heterocycles. The van der Waals surface area contributed by atoms with Crippen LogP contribution in [0.1, 0.15) is 35.7 Å². The Morgan fingerprint density at radius 2 is 1.78 bits per heavy atom. The molecule has 3 aromatic carbocycles. The Hall–Kier alpha value is -3.07. The molecule has 0 amide bonds. The Morgan fingerprint density at radius 1 is 0.963 bits per heavy atom. The molecule has 0 spiro atoms. The summed E-state index contributed by atoms with van der Waals surface area (Å²) in [4.78, 5) is 12.5. The van der Waals surface area contributed by atoms with Gasteiger partial charge in [-0.2, -0.15) is 0 Å². The lowest BCUT2D eigenvalue weighted by atomic mass is 10.0. The van der Waals surface area contributed by atoms with Crippen molar-refractivity contribution in [1.29, 1.82) is 0 Å². The van der Waals surface area contributed by atoms with Gasteiger partial charge in [0.25, 0.3) is 0 Å². The van der Waals surface area contributed by atoms with E-state index >= 15 is 0 Å². The highest BCUT2D eigenvalue weighted by molar-refractivity contribution is 6.08. The number of methoxy groups -OCH3 is 1. The molecule has 0 fully saturated rings. The average Bonchev–Trinajstić information content (AvgIpc) is 2.72. The molecule has 0 aliphatic rings. The number of unbranched alkanes of at least 4 members (excludes halogenated alkanes) is 1. The molecule has 0 aliphatic heterocycles. The van der Waals surface area contributed by atoms with Gasteiger partial charge in [-0.05, 0) is 47.0 Å². The van der Waals surface area contributed by atoms with Crippen LogP contribution >= 0.6 is 0 Å². The van der Waals surface area contributed by atoms with Crippen LogP contribution < -0.4 is 9.47 Å². The minimum atomic E-state index is -0.0250. The standard InChI is InChI=1S/C24H24O3/c1-3-4-15-27-23-14-10-18(16-24(23)26-2)9-13-22(25)21-12-11-19-7-5-6-8-20(19)17-21/h5-14,16-17H,3-4,15H2,1-2H3/b13-9+. The van der Waals surface area contributed by atoms with Gasteiger partial charge in [-0.15, -0.1) is 0 Å². The molecule has 0 N–H and O–H groups in total. The smallest absolute Gasteiger partial charge is 0.185 e. The number of ether oxygens (including phenoxy) is 2. The zero-order chi connectivity index (χ0) is 19.1. The highest BCUT2D eigenvalue weighted by Gasteiger charge is 2.06. The monoisotopic (exact) mass is 360 g/mol. The lowest BCUT2D eigenvalue weighted by molar-refractivity contribution is 0.104. The van der Waals surface area contributed by atoms with E-state index in [1.54, 1.807) is 19.3 Å². The van der Waals surface area contributed by atoms with Crippen LogP contribution in [-0.4, -0.2) is 19.5 Å². The molecule has 0 atom stereocenters. The summed E-state index contributed by atoms with van der Waals surface area (Å²) in [5.41, 5.74) is 1.57. The maximum absolute atomic E-state index is 12.5. The van der Waals surface area contributed by atoms with Crippen molar-refractivity contribution < 1.29 is 14.3 Å². The van der Waals surface area contributed by atoms with Gasteiger partial charge in [0.05, 0.1) is 13.7 Å². The first-order valence-electron chi connectivity index (χ1n) is 9.23. The maximum Gasteiger partial charge on any atom is 0.185 e. The van der Waals surface area contributed by atoms with E-state index in [1.807, 2.05) is 60.7 Å². The molecule has 0 aliphatic carbocycles. The SMILES string of the molecule is CCCCOc1ccc(/C=C/C(=O)c2ccc3ccccc3c2)cc1OC. The van der Waals surface area contributed by atoms with Crippen LogP contribution in [0.15, 0.2) is 66.7 Å². The van der Waals surface area contributed by atoms with Gasteiger partial charge in [-0.25, -0.2) is 0 Å². The minimum absolute atomic E-state index is 0.0250. The fourth-order valence-electron chi connectivity index (χ4n) is 2.84. The van der Waals surface area contributed by atoms with Gasteiger partial charge in [0.2, 0.25) is 0 Å². The maximum atomic E-state index is 12.5. The Morgan fingerprint density at radius 3 is 2.56 bits per heavy atom. The highest BCUT2D eigenvalue weighted by Crippen LogP contribution is 2.29. The van der Waals surface area contributed by atoms with Crippen molar-refractivity contribution in [3.63, 3.8) is 0 Å². The van der Waals surface area contributed by atoms with Crippen molar-refractivity contribution in [3.05, 3.63) is 77.9 Å². The van der Waals surface area contributed by atoms with Gasteiger partial charge in [0.1, 0.15) is 0 Å². The van der Waals surface area contributed by atoms with E-state index in [4.69, 9.17) is 9.47 Å². The molecule has 0 radical (unpaired) electrons. The van der Waals surface area contributed by atoms with E-state index in [-0.39, 0.29) is 5.78 Å². The summed E-state index contributed by atoms with van der Waals surface area (Å²) in [6, 6.07) is 19.5. The molecular weight excluding hydrogens is 336 g/mol. The van der Waals surface area contributed by atoms with E-state index in [1.165, 1.54) is 0 Å². The number of allylic oxidation sites excluding steroid dienone is 1. The zero-order valence-corrected chi connectivity index (χ0v) is 15.8. The van der Waals surface area contributed by atoms with Crippen molar-refractivity contribution >= 4 is 22.6 Å². The average molecular weight is 360 g/mol. The third-order valence-corrected chi connectivity index (χ3v) is 4.40. The fraction of sp³-hybridized carbons (Fsp3) is 0.208. The molecule has 0 bridgehead atoms. The number of fused-ring (bicyclic) bond motifs is 1. The third kappa shape index (κ3) is 4.76. The number of carbonyl (C=O) groups is 1. The molecule has 3 rings (SSSR count). The normalized spacial score (nSPS) is 11.0. The molecule has 27 heavy (non-hydrogen) atoms. The lowest BCUT2D eigenvalue weighted by Gasteiger charge is -2.10. The zero-order valence-electron chi connectivity index (χ0n) is 15.8. The largest absolute Gasteiger partial charge is 0.493 e. The Kier molecular flexibility index (Phi) is 6.26. The molecule has 0 unspecified atom stereocenters. The van der Waals surface area contributed by atoms with Crippen LogP contribution in [0, 0.1) is 0 Å². The van der Waals surface area contributed by atoms with Crippen LogP contribution in [0.25, 0.3) is 16.8 Å². The molecule has 0 saturated heterocycles. The van der Waals surface area contributed by atoms with Crippen LogP contribution in [0.2, 0.25) is 0 Å². The van der Waals surface area contributed by atoms with Gasteiger partial charge in [0.15, 0.2) is 17.3 Å². The number of hydrogen-bond acceptors (Lipinski definition) is 3. The van der Waals surface area contributed by atoms with Crippen LogP contribution in [-0.2, 0) is 0 Å². The van der Waals surface area contributed by atoms with Gasteiger partial charge in [0, 0.05) is 5.56 Å². The van der Waals surface area contributed by atoms with Crippen LogP contribution in [0.4, 0.5) is 0 Å². The summed E-state index contributed by atoms with van der Waals surface area (Å²) in [7, 11) is 1.62. The topological polar surface area (TPSA) is 35.5 Å². The predicted molar refractivity (Wildman–Crippen MR) is 111 cm³/mol. The van der Waals surface area contributed by atoms with Crippen LogP contribution in [0.3, 0.4) is 0 Å². The molecule has 138 valence electrons. The van der Waals surface area contributed by atoms with Gasteiger partial charge in [-0.3, -0.25) is 4.79 Å². The summed E-state index contributed by atoms with van der Waals surface area (Å²) in [5, 5.41) is 2.19. The van der Waals surface area contributed by atoms with Gasteiger partial charge >= 0.3 is 0 Å². The molecule has 0 saturated carbocycles. The Balaban J connectivity index is 1.74. The van der Waals surface area contributed by atoms with E-state index in [0.717, 1.165) is 34.9 Å². The molecule has 3 aromatic rings. The second kappa shape index (κ2) is 9.04. The quantitative estimate of drug-likeness (QED) is 0.284. The van der Waals surface area contributed by atoms with Crippen molar-refractivity contribution in [3.8, 4) is 11.5 Å². The summed E-state index contributed by atoms with van der Waals surface area (Å²) >= 11 is 0. The number of carbonyl (C=O) groups excluding carboxylic acids is 1.